The van der Waals surface area contributed by atoms with E-state index in [1.807, 2.05) is 0 Å². The molecule has 15 heavy (non-hydrogen) atoms. The second-order valence-electron chi connectivity index (χ2n) is 3.52. The van der Waals surface area contributed by atoms with Crippen LogP contribution in [0.2, 0.25) is 0 Å². The molecule has 0 atom stereocenters. The minimum absolute atomic E-state index is 0.264. The van der Waals surface area contributed by atoms with E-state index in [1.165, 1.54) is 7.11 Å². The third kappa shape index (κ3) is 4.44. The maximum atomic E-state index is 11.0. The van der Waals surface area contributed by atoms with Gasteiger partial charge >= 0.3 is 5.97 Å². The highest BCUT2D eigenvalue weighted by atomic mass is 16.5. The van der Waals surface area contributed by atoms with Crippen LogP contribution in [0.3, 0.4) is 0 Å². The van der Waals surface area contributed by atoms with Crippen LogP contribution in [0.15, 0.2) is 11.6 Å². The van der Waals surface area contributed by atoms with Gasteiger partial charge in [0.15, 0.2) is 0 Å². The first-order valence-corrected chi connectivity index (χ1v) is 5.18. The third-order valence-electron chi connectivity index (χ3n) is 2.40. The van der Waals surface area contributed by atoms with E-state index in [4.69, 9.17) is 9.47 Å². The fraction of sp³-hybridized carbons (Fsp3) is 0.727. The number of carbonyl (C=O) groups excluding carboxylic acids is 1. The van der Waals surface area contributed by atoms with Gasteiger partial charge in [-0.05, 0) is 25.8 Å². The highest BCUT2D eigenvalue weighted by Crippen LogP contribution is 2.10. The van der Waals surface area contributed by atoms with Crippen molar-refractivity contribution in [1.82, 2.24) is 0 Å². The molecule has 1 aliphatic rings. The highest BCUT2D eigenvalue weighted by molar-refractivity contribution is 5.87. The normalized spacial score (nSPS) is 18.9. The zero-order valence-electron chi connectivity index (χ0n) is 9.32. The van der Waals surface area contributed by atoms with Crippen molar-refractivity contribution in [3.8, 4) is 0 Å². The molecule has 0 aromatic heterocycles. The van der Waals surface area contributed by atoms with Crippen molar-refractivity contribution in [3.05, 3.63) is 11.6 Å². The van der Waals surface area contributed by atoms with Crippen molar-refractivity contribution in [1.29, 1.82) is 0 Å². The molecule has 0 spiro atoms. The van der Waals surface area contributed by atoms with E-state index >= 15 is 0 Å². The van der Waals surface area contributed by atoms with E-state index in [1.54, 1.807) is 13.0 Å². The first-order valence-electron chi connectivity index (χ1n) is 5.18. The smallest absolute Gasteiger partial charge is 0.333 e. The molecule has 0 amide bonds. The molecule has 1 saturated heterocycles. The predicted octanol–water partition coefficient (Wildman–Crippen LogP) is 1.30. The number of hydrogen-bond donors (Lipinski definition) is 0. The Bertz CT molecular complexity index is 229. The zero-order chi connectivity index (χ0) is 11.1. The van der Waals surface area contributed by atoms with Gasteiger partial charge in [-0.2, -0.15) is 0 Å². The quantitative estimate of drug-likeness (QED) is 0.522. The predicted molar refractivity (Wildman–Crippen MR) is 55.6 cm³/mol. The van der Waals surface area contributed by atoms with Gasteiger partial charge in [0.25, 0.3) is 0 Å². The van der Waals surface area contributed by atoms with Crippen LogP contribution < -0.4 is 0 Å². The average molecular weight is 214 g/mol. The fourth-order valence-electron chi connectivity index (χ4n) is 1.40. The molecule has 4 nitrogen and oxygen atoms in total. The molecule has 1 rings (SSSR count). The number of methoxy groups -OCH3 is 1. The summed E-state index contributed by atoms with van der Waals surface area (Å²) in [6, 6.07) is 0. The lowest BCUT2D eigenvalue weighted by Gasteiger charge is -2.21. The van der Waals surface area contributed by atoms with Gasteiger partial charge in [0.2, 0.25) is 0 Å². The Hall–Kier alpha value is -0.870. The van der Waals surface area contributed by atoms with E-state index in [0.717, 1.165) is 26.1 Å². The zero-order valence-corrected chi connectivity index (χ0v) is 9.32. The fourth-order valence-corrected chi connectivity index (χ4v) is 1.40. The maximum Gasteiger partial charge on any atom is 0.333 e. The summed E-state index contributed by atoms with van der Waals surface area (Å²) in [6.07, 6.45) is 3.89. The van der Waals surface area contributed by atoms with Crippen LogP contribution in [-0.4, -0.2) is 39.0 Å². The molecule has 1 heterocycles. The van der Waals surface area contributed by atoms with Crippen LogP contribution in [-0.2, 0) is 19.0 Å². The van der Waals surface area contributed by atoms with Gasteiger partial charge < -0.3 is 14.2 Å². The Morgan fingerprint density at radius 2 is 2.13 bits per heavy atom. The minimum atomic E-state index is -0.300. The van der Waals surface area contributed by atoms with Gasteiger partial charge in [-0.1, -0.05) is 0 Å². The van der Waals surface area contributed by atoms with E-state index in [9.17, 15) is 4.79 Å². The number of carbonyl (C=O) groups is 1. The highest BCUT2D eigenvalue weighted by Gasteiger charge is 2.13. The van der Waals surface area contributed by atoms with Crippen molar-refractivity contribution < 1.29 is 19.0 Å². The molecule has 1 fully saturated rings. The molecule has 0 radical (unpaired) electrons. The lowest BCUT2D eigenvalue weighted by Crippen LogP contribution is -2.23. The van der Waals surface area contributed by atoms with Gasteiger partial charge in [0, 0.05) is 18.8 Å². The van der Waals surface area contributed by atoms with Crippen LogP contribution in [0.1, 0.15) is 19.8 Å². The van der Waals surface area contributed by atoms with Gasteiger partial charge in [-0.25, -0.2) is 4.79 Å². The van der Waals surface area contributed by atoms with Crippen LogP contribution in [0.25, 0.3) is 0 Å². The molecule has 0 aliphatic carbocycles. The van der Waals surface area contributed by atoms with Crippen molar-refractivity contribution >= 4 is 5.97 Å². The first kappa shape index (κ1) is 12.2. The number of esters is 1. The van der Waals surface area contributed by atoms with Crippen molar-refractivity contribution in [3.63, 3.8) is 0 Å². The molecular formula is C11H18O4. The van der Waals surface area contributed by atoms with E-state index in [0.29, 0.717) is 12.2 Å². The van der Waals surface area contributed by atoms with Crippen molar-refractivity contribution in [2.75, 3.05) is 26.9 Å². The summed E-state index contributed by atoms with van der Waals surface area (Å²) in [7, 11) is 1.37. The number of rotatable bonds is 4. The Balaban J connectivity index is 2.21. The summed E-state index contributed by atoms with van der Waals surface area (Å²) in [6.45, 7) is 3.72. The molecular weight excluding hydrogens is 196 g/mol. The second-order valence-corrected chi connectivity index (χ2v) is 3.52. The van der Waals surface area contributed by atoms with E-state index in [2.05, 4.69) is 4.74 Å². The molecule has 0 bridgehead atoms. The molecule has 1 aliphatic heterocycles. The molecule has 0 unspecified atom stereocenters. The van der Waals surface area contributed by atoms with Crippen LogP contribution in [0.5, 0.6) is 0 Å². The Morgan fingerprint density at radius 3 is 2.73 bits per heavy atom. The topological polar surface area (TPSA) is 44.8 Å². The number of ether oxygens (including phenoxy) is 3. The average Bonchev–Trinajstić information content (AvgIpc) is 2.29. The molecule has 0 saturated carbocycles. The van der Waals surface area contributed by atoms with E-state index in [-0.39, 0.29) is 12.1 Å². The van der Waals surface area contributed by atoms with Gasteiger partial charge in [0.05, 0.1) is 19.8 Å². The van der Waals surface area contributed by atoms with Crippen LogP contribution >= 0.6 is 0 Å². The van der Waals surface area contributed by atoms with Crippen molar-refractivity contribution in [2.45, 2.75) is 25.9 Å². The SMILES string of the molecule is COC(=O)C(C)=CCOC1CCOCC1. The first-order chi connectivity index (χ1) is 7.24. The van der Waals surface area contributed by atoms with Gasteiger partial charge in [0.1, 0.15) is 0 Å². The standard InChI is InChI=1S/C11H18O4/c1-9(11(12)13-2)3-8-15-10-4-6-14-7-5-10/h3,10H,4-8H2,1-2H3. The summed E-state index contributed by atoms with van der Waals surface area (Å²) in [5.74, 6) is -0.300. The second kappa shape index (κ2) is 6.58. The van der Waals surface area contributed by atoms with Crippen LogP contribution in [0, 0.1) is 0 Å². The molecule has 4 heteroatoms. The maximum absolute atomic E-state index is 11.0. The molecule has 0 aromatic rings. The minimum Gasteiger partial charge on any atom is -0.466 e. The van der Waals surface area contributed by atoms with Gasteiger partial charge in [-0.3, -0.25) is 0 Å². The number of hydrogen-bond acceptors (Lipinski definition) is 4. The third-order valence-corrected chi connectivity index (χ3v) is 2.40. The molecule has 0 N–H and O–H groups in total. The summed E-state index contributed by atoms with van der Waals surface area (Å²) in [4.78, 5) is 11.0. The molecule has 86 valence electrons. The Kier molecular flexibility index (Phi) is 5.36. The lowest BCUT2D eigenvalue weighted by atomic mass is 10.1. The summed E-state index contributed by atoms with van der Waals surface area (Å²) < 4.78 is 15.4. The van der Waals surface area contributed by atoms with Crippen LogP contribution in [0.4, 0.5) is 0 Å². The Morgan fingerprint density at radius 1 is 1.47 bits per heavy atom. The molecule has 0 aromatic carbocycles. The largest absolute Gasteiger partial charge is 0.466 e. The van der Waals surface area contributed by atoms with Crippen molar-refractivity contribution in [2.24, 2.45) is 0 Å². The Labute approximate surface area is 90.2 Å². The summed E-state index contributed by atoms with van der Waals surface area (Å²) >= 11 is 0. The summed E-state index contributed by atoms with van der Waals surface area (Å²) in [5, 5.41) is 0. The lowest BCUT2D eigenvalue weighted by molar-refractivity contribution is -0.136. The monoisotopic (exact) mass is 214 g/mol. The summed E-state index contributed by atoms with van der Waals surface area (Å²) in [5.41, 5.74) is 0.588. The van der Waals surface area contributed by atoms with E-state index < -0.39 is 0 Å². The van der Waals surface area contributed by atoms with Gasteiger partial charge in [-0.15, -0.1) is 0 Å².